The van der Waals surface area contributed by atoms with Gasteiger partial charge in [0.25, 0.3) is 5.91 Å². The van der Waals surface area contributed by atoms with Crippen molar-refractivity contribution >= 4 is 32.6 Å². The molecule has 0 bridgehead atoms. The zero-order valence-corrected chi connectivity index (χ0v) is 15.6. The molecule has 1 saturated heterocycles. The summed E-state index contributed by atoms with van der Waals surface area (Å²) in [4.78, 5) is 19.4. The molecule has 26 heavy (non-hydrogen) atoms. The second-order valence-corrected chi connectivity index (χ2v) is 7.50. The summed E-state index contributed by atoms with van der Waals surface area (Å²) in [5, 5.41) is 8.18. The number of aromatic nitrogens is 3. The van der Waals surface area contributed by atoms with Crippen LogP contribution in [0.2, 0.25) is 0 Å². The number of rotatable bonds is 4. The maximum absolute atomic E-state index is 12.4. The quantitative estimate of drug-likeness (QED) is 0.763. The number of hydrogen-bond acceptors (Lipinski definition) is 6. The minimum absolute atomic E-state index is 0.0704. The number of carbonyl (C=O) groups is 1. The monoisotopic (exact) mass is 371 g/mol. The van der Waals surface area contributed by atoms with Crippen LogP contribution >= 0.6 is 11.3 Å². The van der Waals surface area contributed by atoms with E-state index in [0.29, 0.717) is 5.56 Å². The number of ether oxygens (including phenoxy) is 1. The number of benzene rings is 1. The van der Waals surface area contributed by atoms with Crippen molar-refractivity contribution in [2.75, 3.05) is 25.1 Å². The molecule has 1 unspecified atom stereocenters. The Hall–Kier alpha value is -2.61. The fourth-order valence-corrected chi connectivity index (χ4v) is 4.26. The molecule has 1 aliphatic heterocycles. The van der Waals surface area contributed by atoms with Gasteiger partial charge < -0.3 is 15.0 Å². The molecule has 1 N–H and O–H groups in total. The van der Waals surface area contributed by atoms with Gasteiger partial charge in [-0.05, 0) is 31.0 Å². The van der Waals surface area contributed by atoms with Crippen LogP contribution in [0.25, 0.3) is 10.2 Å². The Morgan fingerprint density at radius 3 is 3.08 bits per heavy atom. The Labute approximate surface area is 155 Å². The zero-order chi connectivity index (χ0) is 18.1. The van der Waals surface area contributed by atoms with E-state index in [4.69, 9.17) is 9.72 Å². The van der Waals surface area contributed by atoms with Crippen LogP contribution < -0.4 is 15.0 Å². The predicted molar refractivity (Wildman–Crippen MR) is 102 cm³/mol. The van der Waals surface area contributed by atoms with Crippen molar-refractivity contribution in [3.63, 3.8) is 0 Å². The summed E-state index contributed by atoms with van der Waals surface area (Å²) in [6, 6.07) is 6.04. The standard InChI is InChI=1S/C18H21N5O2S/c1-22-10-12(9-19-22)17(24)20-13-4-3-7-23(11-13)18-21-15-6-5-14(25-2)8-16(15)26-18/h5-6,8-10,13H,3-4,7,11H2,1-2H3,(H,20,24). The number of carbonyl (C=O) groups excluding carboxylic acids is 1. The summed E-state index contributed by atoms with van der Waals surface area (Å²) < 4.78 is 8.04. The first-order valence-electron chi connectivity index (χ1n) is 8.61. The molecular weight excluding hydrogens is 350 g/mol. The Kier molecular flexibility index (Phi) is 4.50. The molecule has 3 heterocycles. The number of fused-ring (bicyclic) bond motifs is 1. The molecule has 1 atom stereocenters. The molecule has 136 valence electrons. The van der Waals surface area contributed by atoms with Gasteiger partial charge in [-0.2, -0.15) is 5.10 Å². The van der Waals surface area contributed by atoms with Crippen molar-refractivity contribution in [1.29, 1.82) is 0 Å². The lowest BCUT2D eigenvalue weighted by atomic mass is 10.1. The molecule has 0 spiro atoms. The van der Waals surface area contributed by atoms with Gasteiger partial charge in [-0.3, -0.25) is 9.48 Å². The second kappa shape index (κ2) is 6.95. The first-order chi connectivity index (χ1) is 12.6. The van der Waals surface area contributed by atoms with Gasteiger partial charge in [0, 0.05) is 32.4 Å². The molecular formula is C18H21N5O2S. The van der Waals surface area contributed by atoms with E-state index in [2.05, 4.69) is 15.3 Å². The number of thiazole rings is 1. The van der Waals surface area contributed by atoms with E-state index in [-0.39, 0.29) is 11.9 Å². The van der Waals surface area contributed by atoms with Crippen molar-refractivity contribution in [2.24, 2.45) is 7.05 Å². The Morgan fingerprint density at radius 2 is 2.31 bits per heavy atom. The van der Waals surface area contributed by atoms with E-state index in [1.807, 2.05) is 18.2 Å². The molecule has 0 saturated carbocycles. The van der Waals surface area contributed by atoms with Crippen LogP contribution in [0.1, 0.15) is 23.2 Å². The van der Waals surface area contributed by atoms with E-state index < -0.39 is 0 Å². The first kappa shape index (κ1) is 16.8. The molecule has 1 amide bonds. The molecule has 4 rings (SSSR count). The van der Waals surface area contributed by atoms with E-state index in [1.54, 1.807) is 42.6 Å². The van der Waals surface area contributed by atoms with Crippen LogP contribution in [0.3, 0.4) is 0 Å². The summed E-state index contributed by atoms with van der Waals surface area (Å²) in [7, 11) is 3.48. The molecule has 2 aromatic heterocycles. The lowest BCUT2D eigenvalue weighted by Gasteiger charge is -2.32. The molecule has 1 aromatic carbocycles. The highest BCUT2D eigenvalue weighted by molar-refractivity contribution is 7.22. The third kappa shape index (κ3) is 3.37. The predicted octanol–water partition coefficient (Wildman–Crippen LogP) is 2.44. The summed E-state index contributed by atoms with van der Waals surface area (Å²) >= 11 is 1.66. The van der Waals surface area contributed by atoms with Crippen LogP contribution in [0, 0.1) is 0 Å². The molecule has 0 aliphatic carbocycles. The highest BCUT2D eigenvalue weighted by Gasteiger charge is 2.24. The van der Waals surface area contributed by atoms with Crippen molar-refractivity contribution in [1.82, 2.24) is 20.1 Å². The van der Waals surface area contributed by atoms with Gasteiger partial charge in [0.15, 0.2) is 5.13 Å². The van der Waals surface area contributed by atoms with Crippen LogP contribution in [-0.4, -0.2) is 46.9 Å². The van der Waals surface area contributed by atoms with E-state index in [9.17, 15) is 4.79 Å². The Bertz CT molecular complexity index is 935. The van der Waals surface area contributed by atoms with Gasteiger partial charge >= 0.3 is 0 Å². The SMILES string of the molecule is COc1ccc2nc(N3CCCC(NC(=O)c4cnn(C)c4)C3)sc2c1. The topological polar surface area (TPSA) is 72.3 Å². The molecule has 1 fully saturated rings. The highest BCUT2D eigenvalue weighted by Crippen LogP contribution is 2.32. The number of nitrogens with zero attached hydrogens (tertiary/aromatic N) is 4. The van der Waals surface area contributed by atoms with Crippen LogP contribution in [-0.2, 0) is 7.05 Å². The lowest BCUT2D eigenvalue weighted by molar-refractivity contribution is 0.0933. The van der Waals surface area contributed by atoms with Crippen LogP contribution in [0.5, 0.6) is 5.75 Å². The Balaban J connectivity index is 1.47. The number of methoxy groups -OCH3 is 1. The van der Waals surface area contributed by atoms with Gasteiger partial charge in [0.1, 0.15) is 5.75 Å². The number of amides is 1. The molecule has 1 aliphatic rings. The smallest absolute Gasteiger partial charge is 0.254 e. The van der Waals surface area contributed by atoms with Gasteiger partial charge in [0.2, 0.25) is 0 Å². The van der Waals surface area contributed by atoms with Gasteiger partial charge in [-0.15, -0.1) is 0 Å². The number of aryl methyl sites for hydroxylation is 1. The maximum Gasteiger partial charge on any atom is 0.254 e. The van der Waals surface area contributed by atoms with Crippen LogP contribution in [0.15, 0.2) is 30.6 Å². The van der Waals surface area contributed by atoms with Gasteiger partial charge in [-0.25, -0.2) is 4.98 Å². The molecule has 0 radical (unpaired) electrons. The largest absolute Gasteiger partial charge is 0.497 e. The molecule has 3 aromatic rings. The molecule has 8 heteroatoms. The zero-order valence-electron chi connectivity index (χ0n) is 14.8. The summed E-state index contributed by atoms with van der Waals surface area (Å²) in [5.41, 5.74) is 1.57. The van der Waals surface area contributed by atoms with Gasteiger partial charge in [-0.1, -0.05) is 11.3 Å². The second-order valence-electron chi connectivity index (χ2n) is 6.49. The maximum atomic E-state index is 12.4. The number of anilines is 1. The number of hydrogen-bond donors (Lipinski definition) is 1. The molecule has 7 nitrogen and oxygen atoms in total. The van der Waals surface area contributed by atoms with Crippen LogP contribution in [0.4, 0.5) is 5.13 Å². The fourth-order valence-electron chi connectivity index (χ4n) is 3.23. The van der Waals surface area contributed by atoms with Gasteiger partial charge in [0.05, 0.1) is 29.1 Å². The average Bonchev–Trinajstić information content (AvgIpc) is 3.27. The minimum atomic E-state index is -0.0704. The normalized spacial score (nSPS) is 17.5. The first-order valence-corrected chi connectivity index (χ1v) is 9.43. The Morgan fingerprint density at radius 1 is 1.42 bits per heavy atom. The van der Waals surface area contributed by atoms with E-state index >= 15 is 0 Å². The average molecular weight is 371 g/mol. The minimum Gasteiger partial charge on any atom is -0.497 e. The third-order valence-electron chi connectivity index (χ3n) is 4.58. The van der Waals surface area contributed by atoms with Crippen molar-refractivity contribution < 1.29 is 9.53 Å². The van der Waals surface area contributed by atoms with E-state index in [1.165, 1.54) is 0 Å². The fraction of sp³-hybridized carbons (Fsp3) is 0.389. The van der Waals surface area contributed by atoms with Crippen molar-refractivity contribution in [3.05, 3.63) is 36.2 Å². The summed E-state index contributed by atoms with van der Waals surface area (Å²) in [6.07, 6.45) is 5.33. The number of piperidine rings is 1. The third-order valence-corrected chi connectivity index (χ3v) is 5.66. The summed E-state index contributed by atoms with van der Waals surface area (Å²) in [6.45, 7) is 1.72. The van der Waals surface area contributed by atoms with Crippen molar-refractivity contribution in [3.8, 4) is 5.75 Å². The lowest BCUT2D eigenvalue weighted by Crippen LogP contribution is -2.47. The van der Waals surface area contributed by atoms with E-state index in [0.717, 1.165) is 47.0 Å². The summed E-state index contributed by atoms with van der Waals surface area (Å²) in [5.74, 6) is 0.770. The van der Waals surface area contributed by atoms with Crippen molar-refractivity contribution in [2.45, 2.75) is 18.9 Å². The number of nitrogens with one attached hydrogen (secondary N) is 1. The highest BCUT2D eigenvalue weighted by atomic mass is 32.1.